The number of nitrogens with zero attached hydrogens (tertiary/aromatic N) is 2. The number of fused-ring (bicyclic) bond motifs is 2. The van der Waals surface area contributed by atoms with Gasteiger partial charge in [-0.25, -0.2) is 0 Å². The third kappa shape index (κ3) is 4.52. The number of alkyl halides is 2. The highest BCUT2D eigenvalue weighted by Crippen LogP contribution is 2.49. The molecule has 0 saturated heterocycles. The van der Waals surface area contributed by atoms with E-state index in [2.05, 4.69) is 0 Å². The maximum atomic E-state index is 13.2. The number of carbonyl (C=O) groups excluding carboxylic acids is 2. The molecular formula is C26H30Cl2N2O6. The van der Waals surface area contributed by atoms with Gasteiger partial charge >= 0.3 is 0 Å². The molecule has 0 saturated carbocycles. The largest absolute Gasteiger partial charge is 0.493 e. The van der Waals surface area contributed by atoms with Crippen LogP contribution in [-0.4, -0.2) is 74.9 Å². The summed E-state index contributed by atoms with van der Waals surface area (Å²) < 4.78 is 22.3. The third-order valence-corrected chi connectivity index (χ3v) is 7.47. The number of ether oxygens (including phenoxy) is 4. The standard InChI is InChI=1S/C26H30Cl2N2O6/c1-33-19-9-15-5-7-29(23(31)13-27)25(17(15)11-21(19)35-3)26-18-12-22(36-4)20(34-2)10-16(18)6-8-30(26)24(32)14-28/h9-12,25-26H,5-8,13-14H2,1-4H3/t25-,26-/m0/s1. The molecule has 4 rings (SSSR count). The Kier molecular flexibility index (Phi) is 8.05. The molecule has 2 atom stereocenters. The second kappa shape index (κ2) is 11.0. The molecule has 8 nitrogen and oxygen atoms in total. The van der Waals surface area contributed by atoms with Gasteiger partial charge in [0.05, 0.1) is 40.5 Å². The van der Waals surface area contributed by atoms with Crippen LogP contribution in [0.1, 0.15) is 34.3 Å². The summed E-state index contributed by atoms with van der Waals surface area (Å²) in [4.78, 5) is 29.8. The summed E-state index contributed by atoms with van der Waals surface area (Å²) in [5.41, 5.74) is 3.78. The van der Waals surface area contributed by atoms with Crippen LogP contribution in [0.25, 0.3) is 0 Å². The van der Waals surface area contributed by atoms with Crippen LogP contribution in [0.5, 0.6) is 23.0 Å². The zero-order valence-corrected chi connectivity index (χ0v) is 22.3. The predicted molar refractivity (Wildman–Crippen MR) is 137 cm³/mol. The normalized spacial score (nSPS) is 18.7. The molecule has 2 aromatic carbocycles. The van der Waals surface area contributed by atoms with Crippen molar-refractivity contribution in [1.82, 2.24) is 9.80 Å². The number of hydrogen-bond acceptors (Lipinski definition) is 6. The van der Waals surface area contributed by atoms with E-state index in [0.29, 0.717) is 48.9 Å². The summed E-state index contributed by atoms with van der Waals surface area (Å²) in [6.45, 7) is 0.890. The lowest BCUT2D eigenvalue weighted by molar-refractivity contribution is -0.139. The molecule has 2 aliphatic rings. The second-order valence-electron chi connectivity index (χ2n) is 8.64. The van der Waals surface area contributed by atoms with E-state index in [1.165, 1.54) is 0 Å². The third-order valence-electron chi connectivity index (χ3n) is 7.01. The maximum absolute atomic E-state index is 13.2. The topological polar surface area (TPSA) is 77.5 Å². The minimum Gasteiger partial charge on any atom is -0.493 e. The maximum Gasteiger partial charge on any atom is 0.238 e. The van der Waals surface area contributed by atoms with Crippen LogP contribution >= 0.6 is 23.2 Å². The first-order valence-electron chi connectivity index (χ1n) is 11.6. The van der Waals surface area contributed by atoms with E-state index in [4.69, 9.17) is 42.1 Å². The predicted octanol–water partition coefficient (Wildman–Crippen LogP) is 3.75. The zero-order chi connectivity index (χ0) is 26.0. The summed E-state index contributed by atoms with van der Waals surface area (Å²) in [5, 5.41) is 0. The Bertz CT molecular complexity index is 1070. The van der Waals surface area contributed by atoms with Crippen LogP contribution in [0, 0.1) is 0 Å². The van der Waals surface area contributed by atoms with Crippen molar-refractivity contribution in [3.63, 3.8) is 0 Å². The van der Waals surface area contributed by atoms with Crippen molar-refractivity contribution in [3.05, 3.63) is 46.5 Å². The average Bonchev–Trinajstić information content (AvgIpc) is 2.93. The van der Waals surface area contributed by atoms with E-state index < -0.39 is 12.1 Å². The fraction of sp³-hybridized carbons (Fsp3) is 0.462. The van der Waals surface area contributed by atoms with Crippen molar-refractivity contribution < 1.29 is 28.5 Å². The Morgan fingerprint density at radius 3 is 1.33 bits per heavy atom. The number of amides is 2. The Balaban J connectivity index is 1.99. The smallest absolute Gasteiger partial charge is 0.238 e. The van der Waals surface area contributed by atoms with E-state index >= 15 is 0 Å². The van der Waals surface area contributed by atoms with Gasteiger partial charge < -0.3 is 28.7 Å². The first kappa shape index (κ1) is 26.2. The van der Waals surface area contributed by atoms with Crippen molar-refractivity contribution in [2.75, 3.05) is 53.3 Å². The number of rotatable bonds is 7. The van der Waals surface area contributed by atoms with E-state index in [1.807, 2.05) is 24.3 Å². The van der Waals surface area contributed by atoms with Crippen LogP contribution < -0.4 is 18.9 Å². The van der Waals surface area contributed by atoms with Gasteiger partial charge in [-0.1, -0.05) is 0 Å². The summed E-state index contributed by atoms with van der Waals surface area (Å²) in [6.07, 6.45) is 1.23. The Morgan fingerprint density at radius 2 is 1.03 bits per heavy atom. The molecule has 2 amide bonds. The molecule has 2 aliphatic heterocycles. The van der Waals surface area contributed by atoms with Gasteiger partial charge in [0.1, 0.15) is 11.8 Å². The van der Waals surface area contributed by atoms with E-state index in [1.54, 1.807) is 38.2 Å². The van der Waals surface area contributed by atoms with Gasteiger partial charge in [-0.3, -0.25) is 9.59 Å². The van der Waals surface area contributed by atoms with Crippen LogP contribution in [0.3, 0.4) is 0 Å². The highest BCUT2D eigenvalue weighted by molar-refractivity contribution is 6.27. The lowest BCUT2D eigenvalue weighted by Gasteiger charge is -2.48. The van der Waals surface area contributed by atoms with Crippen molar-refractivity contribution in [2.45, 2.75) is 24.9 Å². The first-order chi connectivity index (χ1) is 17.4. The second-order valence-corrected chi connectivity index (χ2v) is 9.18. The molecule has 0 unspecified atom stereocenters. The summed E-state index contributed by atoms with van der Waals surface area (Å²) in [5.74, 6) is 1.52. The van der Waals surface area contributed by atoms with Crippen molar-refractivity contribution >= 4 is 35.0 Å². The van der Waals surface area contributed by atoms with Gasteiger partial charge in [0.15, 0.2) is 23.0 Å². The molecule has 0 radical (unpaired) electrons. The minimum atomic E-state index is -0.524. The molecule has 10 heteroatoms. The zero-order valence-electron chi connectivity index (χ0n) is 20.8. The quantitative estimate of drug-likeness (QED) is 0.501. The lowest BCUT2D eigenvalue weighted by Crippen LogP contribution is -2.51. The van der Waals surface area contributed by atoms with Gasteiger partial charge in [0.2, 0.25) is 11.8 Å². The molecule has 0 aromatic heterocycles. The van der Waals surface area contributed by atoms with Crippen molar-refractivity contribution in [1.29, 1.82) is 0 Å². The van der Waals surface area contributed by atoms with Gasteiger partial charge in [-0.05, 0) is 59.4 Å². The lowest BCUT2D eigenvalue weighted by atomic mass is 9.80. The van der Waals surface area contributed by atoms with Crippen molar-refractivity contribution in [2.24, 2.45) is 0 Å². The molecule has 0 N–H and O–H groups in total. The van der Waals surface area contributed by atoms with Gasteiger partial charge in [0.25, 0.3) is 0 Å². The molecular weight excluding hydrogens is 507 g/mol. The van der Waals surface area contributed by atoms with E-state index in [0.717, 1.165) is 22.3 Å². The molecule has 2 aromatic rings. The molecule has 0 bridgehead atoms. The average molecular weight is 537 g/mol. The highest BCUT2D eigenvalue weighted by atomic mass is 35.5. The van der Waals surface area contributed by atoms with Crippen molar-refractivity contribution in [3.8, 4) is 23.0 Å². The molecule has 0 spiro atoms. The number of methoxy groups -OCH3 is 4. The summed E-state index contributed by atoms with van der Waals surface area (Å²) in [7, 11) is 6.32. The fourth-order valence-electron chi connectivity index (χ4n) is 5.35. The number of hydrogen-bond donors (Lipinski definition) is 0. The van der Waals surface area contributed by atoms with Gasteiger partial charge in [-0.15, -0.1) is 23.2 Å². The monoisotopic (exact) mass is 536 g/mol. The van der Waals surface area contributed by atoms with Gasteiger partial charge in [-0.2, -0.15) is 0 Å². The Labute approximate surface area is 220 Å². The fourth-order valence-corrected chi connectivity index (χ4v) is 5.65. The summed E-state index contributed by atoms with van der Waals surface area (Å²) >= 11 is 12.1. The number of halogens is 2. The van der Waals surface area contributed by atoms with E-state index in [-0.39, 0.29) is 23.6 Å². The number of carbonyl (C=O) groups is 2. The number of benzene rings is 2. The summed E-state index contributed by atoms with van der Waals surface area (Å²) in [6, 6.07) is 6.62. The van der Waals surface area contributed by atoms with Crippen LogP contribution in [-0.2, 0) is 22.4 Å². The molecule has 36 heavy (non-hydrogen) atoms. The molecule has 2 heterocycles. The SMILES string of the molecule is COc1cc2c(cc1OC)[C@@H]([C@@H]1c3cc(OC)c(OC)cc3CCN1C(=O)CCl)N(C(=O)CCl)CC2. The molecule has 0 aliphatic carbocycles. The van der Waals surface area contributed by atoms with Crippen LogP contribution in [0.4, 0.5) is 0 Å². The van der Waals surface area contributed by atoms with Crippen LogP contribution in [0.2, 0.25) is 0 Å². The first-order valence-corrected chi connectivity index (χ1v) is 12.7. The Hall–Kier alpha value is -2.84. The van der Waals surface area contributed by atoms with E-state index in [9.17, 15) is 9.59 Å². The molecule has 194 valence electrons. The van der Waals surface area contributed by atoms with Crippen LogP contribution in [0.15, 0.2) is 24.3 Å². The minimum absolute atomic E-state index is 0.173. The highest BCUT2D eigenvalue weighted by Gasteiger charge is 2.44. The van der Waals surface area contributed by atoms with Gasteiger partial charge in [0, 0.05) is 13.1 Å². The Morgan fingerprint density at radius 1 is 0.694 bits per heavy atom. The molecule has 0 fully saturated rings.